The maximum atomic E-state index is 12.2. The van der Waals surface area contributed by atoms with Crippen molar-refractivity contribution < 1.29 is 4.79 Å². The zero-order chi connectivity index (χ0) is 13.5. The number of anilines is 1. The van der Waals surface area contributed by atoms with Gasteiger partial charge in [-0.2, -0.15) is 0 Å². The van der Waals surface area contributed by atoms with E-state index in [1.165, 1.54) is 0 Å². The van der Waals surface area contributed by atoms with E-state index in [9.17, 15) is 4.79 Å². The summed E-state index contributed by atoms with van der Waals surface area (Å²) in [6, 6.07) is 11.4. The Morgan fingerprint density at radius 3 is 2.74 bits per heavy atom. The SMILES string of the molecule is CCCCc1ccncc1C(=O)Nc1ccccc1. The lowest BCUT2D eigenvalue weighted by Gasteiger charge is -2.09. The van der Waals surface area contributed by atoms with Crippen LogP contribution in [0.4, 0.5) is 5.69 Å². The van der Waals surface area contributed by atoms with Gasteiger partial charge in [0.2, 0.25) is 0 Å². The third-order valence-corrected chi connectivity index (χ3v) is 2.99. The summed E-state index contributed by atoms with van der Waals surface area (Å²) in [6.07, 6.45) is 6.49. The number of carbonyl (C=O) groups excluding carboxylic acids is 1. The van der Waals surface area contributed by atoms with E-state index in [1.54, 1.807) is 12.4 Å². The molecule has 0 atom stereocenters. The summed E-state index contributed by atoms with van der Waals surface area (Å²) < 4.78 is 0. The van der Waals surface area contributed by atoms with Crippen molar-refractivity contribution >= 4 is 11.6 Å². The predicted molar refractivity (Wildman–Crippen MR) is 77.2 cm³/mol. The minimum atomic E-state index is -0.0922. The lowest BCUT2D eigenvalue weighted by molar-refractivity contribution is 0.102. The van der Waals surface area contributed by atoms with Crippen LogP contribution in [0, 0.1) is 0 Å². The smallest absolute Gasteiger partial charge is 0.257 e. The molecule has 0 spiro atoms. The van der Waals surface area contributed by atoms with Gasteiger partial charge in [0.1, 0.15) is 0 Å². The molecule has 98 valence electrons. The van der Waals surface area contributed by atoms with E-state index in [2.05, 4.69) is 17.2 Å². The van der Waals surface area contributed by atoms with Gasteiger partial charge in [0.15, 0.2) is 0 Å². The molecule has 3 heteroatoms. The monoisotopic (exact) mass is 254 g/mol. The average Bonchev–Trinajstić information content (AvgIpc) is 2.46. The number of hydrogen-bond acceptors (Lipinski definition) is 2. The van der Waals surface area contributed by atoms with Crippen LogP contribution in [-0.4, -0.2) is 10.9 Å². The van der Waals surface area contributed by atoms with Crippen LogP contribution >= 0.6 is 0 Å². The molecule has 0 fully saturated rings. The number of aromatic nitrogens is 1. The van der Waals surface area contributed by atoms with Gasteiger partial charge >= 0.3 is 0 Å². The molecule has 19 heavy (non-hydrogen) atoms. The van der Waals surface area contributed by atoms with Gasteiger partial charge in [-0.05, 0) is 36.6 Å². The van der Waals surface area contributed by atoms with Crippen LogP contribution in [0.25, 0.3) is 0 Å². The second kappa shape index (κ2) is 6.69. The Morgan fingerprint density at radius 1 is 1.21 bits per heavy atom. The normalized spacial score (nSPS) is 10.2. The Kier molecular flexibility index (Phi) is 4.67. The first-order chi connectivity index (χ1) is 9.31. The lowest BCUT2D eigenvalue weighted by atomic mass is 10.0. The molecule has 0 aliphatic carbocycles. The van der Waals surface area contributed by atoms with E-state index >= 15 is 0 Å². The Bertz CT molecular complexity index is 537. The van der Waals surface area contributed by atoms with Crippen LogP contribution < -0.4 is 5.32 Å². The van der Waals surface area contributed by atoms with Crippen LogP contribution in [0.1, 0.15) is 35.7 Å². The molecule has 0 aliphatic heterocycles. The van der Waals surface area contributed by atoms with Gasteiger partial charge in [0, 0.05) is 18.1 Å². The molecule has 0 saturated carbocycles. The number of hydrogen-bond donors (Lipinski definition) is 1. The molecular formula is C16H18N2O. The van der Waals surface area contributed by atoms with Gasteiger partial charge < -0.3 is 5.32 Å². The summed E-state index contributed by atoms with van der Waals surface area (Å²) >= 11 is 0. The van der Waals surface area contributed by atoms with Gasteiger partial charge in [0.05, 0.1) is 5.56 Å². The van der Waals surface area contributed by atoms with Crippen LogP contribution in [0.3, 0.4) is 0 Å². The van der Waals surface area contributed by atoms with E-state index in [0.717, 1.165) is 30.5 Å². The first-order valence-electron chi connectivity index (χ1n) is 6.60. The highest BCUT2D eigenvalue weighted by Gasteiger charge is 2.11. The maximum absolute atomic E-state index is 12.2. The van der Waals surface area contributed by atoms with Gasteiger partial charge in [-0.3, -0.25) is 9.78 Å². The maximum Gasteiger partial charge on any atom is 0.257 e. The van der Waals surface area contributed by atoms with Crippen molar-refractivity contribution in [1.29, 1.82) is 0 Å². The lowest BCUT2D eigenvalue weighted by Crippen LogP contribution is -2.14. The zero-order valence-corrected chi connectivity index (χ0v) is 11.1. The van der Waals surface area contributed by atoms with Gasteiger partial charge in [0.25, 0.3) is 5.91 Å². The van der Waals surface area contributed by atoms with Crippen LogP contribution in [0.15, 0.2) is 48.8 Å². The summed E-state index contributed by atoms with van der Waals surface area (Å²) in [5.41, 5.74) is 2.53. The highest BCUT2D eigenvalue weighted by atomic mass is 16.1. The van der Waals surface area contributed by atoms with Crippen molar-refractivity contribution in [2.24, 2.45) is 0 Å². The molecule has 0 aliphatic rings. The second-order valence-electron chi connectivity index (χ2n) is 4.46. The number of nitrogens with zero attached hydrogens (tertiary/aromatic N) is 1. The molecule has 1 N–H and O–H groups in total. The first kappa shape index (κ1) is 13.3. The summed E-state index contributed by atoms with van der Waals surface area (Å²) in [6.45, 7) is 2.14. The molecule has 1 aromatic heterocycles. The Morgan fingerprint density at radius 2 is 2.00 bits per heavy atom. The largest absolute Gasteiger partial charge is 0.322 e. The van der Waals surface area contributed by atoms with E-state index < -0.39 is 0 Å². The highest BCUT2D eigenvalue weighted by Crippen LogP contribution is 2.14. The number of rotatable bonds is 5. The zero-order valence-electron chi connectivity index (χ0n) is 11.1. The Hall–Kier alpha value is -2.16. The number of aryl methyl sites for hydroxylation is 1. The van der Waals surface area contributed by atoms with Crippen molar-refractivity contribution in [2.45, 2.75) is 26.2 Å². The molecular weight excluding hydrogens is 236 g/mol. The number of pyridine rings is 1. The predicted octanol–water partition coefficient (Wildman–Crippen LogP) is 3.68. The topological polar surface area (TPSA) is 42.0 Å². The Labute approximate surface area is 113 Å². The molecule has 1 heterocycles. The second-order valence-corrected chi connectivity index (χ2v) is 4.46. The third-order valence-electron chi connectivity index (χ3n) is 2.99. The molecule has 0 radical (unpaired) electrons. The minimum Gasteiger partial charge on any atom is -0.322 e. The van der Waals surface area contributed by atoms with E-state index in [1.807, 2.05) is 36.4 Å². The van der Waals surface area contributed by atoms with Gasteiger partial charge in [-0.25, -0.2) is 0 Å². The third kappa shape index (κ3) is 3.65. The molecule has 0 unspecified atom stereocenters. The van der Waals surface area contributed by atoms with Crippen LogP contribution in [0.2, 0.25) is 0 Å². The van der Waals surface area contributed by atoms with Crippen molar-refractivity contribution in [3.05, 3.63) is 59.9 Å². The Balaban J connectivity index is 2.14. The van der Waals surface area contributed by atoms with E-state index in [-0.39, 0.29) is 5.91 Å². The van der Waals surface area contributed by atoms with Crippen molar-refractivity contribution in [3.63, 3.8) is 0 Å². The van der Waals surface area contributed by atoms with E-state index in [0.29, 0.717) is 5.56 Å². The minimum absolute atomic E-state index is 0.0922. The quantitative estimate of drug-likeness (QED) is 0.884. The average molecular weight is 254 g/mol. The number of amides is 1. The fourth-order valence-corrected chi connectivity index (χ4v) is 1.93. The van der Waals surface area contributed by atoms with Gasteiger partial charge in [-0.1, -0.05) is 31.5 Å². The van der Waals surface area contributed by atoms with Gasteiger partial charge in [-0.15, -0.1) is 0 Å². The highest BCUT2D eigenvalue weighted by molar-refractivity contribution is 6.05. The summed E-state index contributed by atoms with van der Waals surface area (Å²) in [5.74, 6) is -0.0922. The number of nitrogens with one attached hydrogen (secondary N) is 1. The fraction of sp³-hybridized carbons (Fsp3) is 0.250. The van der Waals surface area contributed by atoms with Crippen molar-refractivity contribution in [1.82, 2.24) is 4.98 Å². The molecule has 0 saturated heterocycles. The van der Waals surface area contributed by atoms with Crippen LogP contribution in [-0.2, 0) is 6.42 Å². The molecule has 1 amide bonds. The van der Waals surface area contributed by atoms with Crippen LogP contribution in [0.5, 0.6) is 0 Å². The summed E-state index contributed by atoms with van der Waals surface area (Å²) in [4.78, 5) is 16.3. The standard InChI is InChI=1S/C16H18N2O/c1-2-3-7-13-10-11-17-12-15(13)16(19)18-14-8-5-4-6-9-14/h4-6,8-12H,2-3,7H2,1H3,(H,18,19). The molecule has 1 aromatic carbocycles. The molecule has 2 rings (SSSR count). The number of para-hydroxylation sites is 1. The number of carbonyl (C=O) groups is 1. The van der Waals surface area contributed by atoms with Crippen molar-refractivity contribution in [2.75, 3.05) is 5.32 Å². The molecule has 2 aromatic rings. The molecule has 3 nitrogen and oxygen atoms in total. The summed E-state index contributed by atoms with van der Waals surface area (Å²) in [5, 5.41) is 2.90. The number of benzene rings is 1. The first-order valence-corrected chi connectivity index (χ1v) is 6.60. The van der Waals surface area contributed by atoms with E-state index in [4.69, 9.17) is 0 Å². The fourth-order valence-electron chi connectivity index (χ4n) is 1.93. The molecule has 0 bridgehead atoms. The summed E-state index contributed by atoms with van der Waals surface area (Å²) in [7, 11) is 0. The number of unbranched alkanes of at least 4 members (excludes halogenated alkanes) is 1. The van der Waals surface area contributed by atoms with Crippen molar-refractivity contribution in [3.8, 4) is 0 Å².